The van der Waals surface area contributed by atoms with Gasteiger partial charge in [-0.25, -0.2) is 12.8 Å². The molecular formula is C23H18ClFN2O3S. The summed E-state index contributed by atoms with van der Waals surface area (Å²) in [5.41, 5.74) is 3.23. The summed E-state index contributed by atoms with van der Waals surface area (Å²) < 4.78 is 45.7. The Hall–Kier alpha value is -3.16. The summed E-state index contributed by atoms with van der Waals surface area (Å²) in [6.07, 6.45) is 0. The number of halogens is 2. The molecule has 0 amide bonds. The summed E-state index contributed by atoms with van der Waals surface area (Å²) in [4.78, 5) is 4.18. The second-order valence-electron chi connectivity index (χ2n) is 7.12. The minimum Gasteiger partial charge on any atom is -0.419 e. The van der Waals surface area contributed by atoms with Gasteiger partial charge in [0.1, 0.15) is 5.82 Å². The normalized spacial score (nSPS) is 11.5. The molecule has 158 valence electrons. The molecule has 1 heterocycles. The third-order valence-electron chi connectivity index (χ3n) is 4.55. The highest BCUT2D eigenvalue weighted by atomic mass is 35.5. The van der Waals surface area contributed by atoms with Gasteiger partial charge in [0.15, 0.2) is 0 Å². The van der Waals surface area contributed by atoms with Crippen molar-refractivity contribution in [3.63, 3.8) is 0 Å². The highest BCUT2D eigenvalue weighted by molar-refractivity contribution is 7.91. The molecular weight excluding hydrogens is 439 g/mol. The van der Waals surface area contributed by atoms with Gasteiger partial charge in [0, 0.05) is 16.3 Å². The molecule has 5 nitrogen and oxygen atoms in total. The summed E-state index contributed by atoms with van der Waals surface area (Å²) in [5, 5.41) is 3.28. The van der Waals surface area contributed by atoms with E-state index in [4.69, 9.17) is 16.0 Å². The fourth-order valence-electron chi connectivity index (χ4n) is 3.19. The molecule has 0 saturated carbocycles. The molecule has 0 aliphatic rings. The van der Waals surface area contributed by atoms with Crippen molar-refractivity contribution in [3.8, 4) is 11.5 Å². The summed E-state index contributed by atoms with van der Waals surface area (Å²) >= 11 is 5.95. The number of hydrogen-bond acceptors (Lipinski definition) is 5. The summed E-state index contributed by atoms with van der Waals surface area (Å²) in [5.74, 6) is -0.446. The number of rotatable bonds is 5. The van der Waals surface area contributed by atoms with Gasteiger partial charge in [-0.05, 0) is 85.6 Å². The maximum atomic E-state index is 13.3. The van der Waals surface area contributed by atoms with Crippen LogP contribution in [0.4, 0.5) is 16.0 Å². The molecule has 0 unspecified atom stereocenters. The van der Waals surface area contributed by atoms with Gasteiger partial charge in [-0.1, -0.05) is 17.7 Å². The van der Waals surface area contributed by atoms with Gasteiger partial charge in [0.2, 0.25) is 26.6 Å². The number of aryl methyl sites for hydroxylation is 2. The number of sulfone groups is 1. The van der Waals surface area contributed by atoms with E-state index < -0.39 is 15.7 Å². The Kier molecular flexibility index (Phi) is 5.56. The van der Waals surface area contributed by atoms with Gasteiger partial charge >= 0.3 is 0 Å². The van der Waals surface area contributed by atoms with Crippen molar-refractivity contribution in [2.24, 2.45) is 0 Å². The molecule has 0 saturated heterocycles. The molecule has 3 aromatic carbocycles. The number of hydrogen-bond donors (Lipinski definition) is 1. The van der Waals surface area contributed by atoms with Crippen molar-refractivity contribution in [2.45, 2.75) is 23.8 Å². The molecule has 0 aliphatic carbocycles. The van der Waals surface area contributed by atoms with E-state index in [0.717, 1.165) is 23.3 Å². The lowest BCUT2D eigenvalue weighted by Crippen LogP contribution is -2.05. The van der Waals surface area contributed by atoms with Crippen LogP contribution in [0.3, 0.4) is 0 Å². The molecule has 0 spiro atoms. The van der Waals surface area contributed by atoms with Crippen molar-refractivity contribution >= 4 is 33.0 Å². The average Bonchev–Trinajstić information content (AvgIpc) is 3.12. The summed E-state index contributed by atoms with van der Waals surface area (Å²) in [6.45, 7) is 3.88. The molecule has 0 radical (unpaired) electrons. The van der Waals surface area contributed by atoms with Crippen molar-refractivity contribution < 1.29 is 17.2 Å². The van der Waals surface area contributed by atoms with Gasteiger partial charge in [-0.3, -0.25) is 0 Å². The SMILES string of the molecule is Cc1cc(C)cc(Nc2oc(-c3ccc(Cl)cc3)nc2S(=O)(=O)c2ccc(F)cc2)c1. The lowest BCUT2D eigenvalue weighted by Gasteiger charge is -2.08. The van der Waals surface area contributed by atoms with Crippen LogP contribution in [0.1, 0.15) is 11.1 Å². The van der Waals surface area contributed by atoms with Crippen LogP contribution >= 0.6 is 11.6 Å². The smallest absolute Gasteiger partial charge is 0.238 e. The van der Waals surface area contributed by atoms with Gasteiger partial charge in [-0.15, -0.1) is 0 Å². The van der Waals surface area contributed by atoms with E-state index in [0.29, 0.717) is 16.3 Å². The van der Waals surface area contributed by atoms with E-state index in [1.54, 1.807) is 24.3 Å². The fraction of sp³-hybridized carbons (Fsp3) is 0.0870. The quantitative estimate of drug-likeness (QED) is 0.355. The zero-order valence-electron chi connectivity index (χ0n) is 16.7. The van der Waals surface area contributed by atoms with E-state index >= 15 is 0 Å². The Morgan fingerprint density at radius 3 is 2.16 bits per heavy atom. The number of oxazole rings is 1. The third kappa shape index (κ3) is 4.47. The summed E-state index contributed by atoms with van der Waals surface area (Å²) in [7, 11) is -4.08. The number of nitrogens with one attached hydrogen (secondary N) is 1. The Labute approximate surface area is 184 Å². The Morgan fingerprint density at radius 2 is 1.55 bits per heavy atom. The topological polar surface area (TPSA) is 72.2 Å². The van der Waals surface area contributed by atoms with Gasteiger partial charge in [-0.2, -0.15) is 4.98 Å². The molecule has 4 rings (SSSR count). The molecule has 0 aliphatic heterocycles. The van der Waals surface area contributed by atoms with Crippen LogP contribution in [0.2, 0.25) is 5.02 Å². The zero-order chi connectivity index (χ0) is 22.2. The fourth-order valence-corrected chi connectivity index (χ4v) is 4.57. The van der Waals surface area contributed by atoms with Crippen LogP contribution in [0.15, 0.2) is 81.1 Å². The maximum absolute atomic E-state index is 13.3. The van der Waals surface area contributed by atoms with E-state index in [1.807, 2.05) is 32.0 Å². The molecule has 8 heteroatoms. The molecule has 0 atom stereocenters. The number of nitrogens with zero attached hydrogens (tertiary/aromatic N) is 1. The largest absolute Gasteiger partial charge is 0.419 e. The van der Waals surface area contributed by atoms with Crippen molar-refractivity contribution in [1.29, 1.82) is 0 Å². The lowest BCUT2D eigenvalue weighted by molar-refractivity contribution is 0.581. The third-order valence-corrected chi connectivity index (χ3v) is 6.48. The van der Waals surface area contributed by atoms with Crippen molar-refractivity contribution in [3.05, 3.63) is 88.7 Å². The first-order valence-corrected chi connectivity index (χ1v) is 11.2. The second kappa shape index (κ2) is 8.17. The first kappa shape index (κ1) is 21.1. The van der Waals surface area contributed by atoms with Crippen molar-refractivity contribution in [2.75, 3.05) is 5.32 Å². The Morgan fingerprint density at radius 1 is 0.935 bits per heavy atom. The van der Waals surface area contributed by atoms with Crippen LogP contribution in [-0.2, 0) is 9.84 Å². The Balaban J connectivity index is 1.85. The standard InChI is InChI=1S/C23H18ClFN2O3S/c1-14-11-15(2)13-19(12-14)26-22-23(31(28,29)20-9-7-18(25)8-10-20)27-21(30-22)16-3-5-17(24)6-4-16/h3-13,26H,1-2H3. The van der Waals surface area contributed by atoms with E-state index in [1.165, 1.54) is 12.1 Å². The van der Waals surface area contributed by atoms with Crippen LogP contribution in [0, 0.1) is 19.7 Å². The molecule has 0 fully saturated rings. The van der Waals surface area contributed by atoms with Crippen molar-refractivity contribution in [1.82, 2.24) is 4.98 Å². The predicted octanol–water partition coefficient (Wildman–Crippen LogP) is 6.33. The molecule has 0 bridgehead atoms. The maximum Gasteiger partial charge on any atom is 0.238 e. The first-order chi connectivity index (χ1) is 14.7. The zero-order valence-corrected chi connectivity index (χ0v) is 18.3. The van der Waals surface area contributed by atoms with Crippen LogP contribution in [0.5, 0.6) is 0 Å². The predicted molar refractivity (Wildman–Crippen MR) is 118 cm³/mol. The van der Waals surface area contributed by atoms with E-state index in [-0.39, 0.29) is 21.7 Å². The number of benzene rings is 3. The lowest BCUT2D eigenvalue weighted by atomic mass is 10.1. The van der Waals surface area contributed by atoms with E-state index in [9.17, 15) is 12.8 Å². The Bertz CT molecular complexity index is 1330. The molecule has 1 aromatic heterocycles. The molecule has 4 aromatic rings. The highest BCUT2D eigenvalue weighted by Gasteiger charge is 2.29. The minimum atomic E-state index is -4.08. The van der Waals surface area contributed by atoms with Crippen LogP contribution in [0.25, 0.3) is 11.5 Å². The van der Waals surface area contributed by atoms with Gasteiger partial charge in [0.05, 0.1) is 4.90 Å². The van der Waals surface area contributed by atoms with Gasteiger partial charge in [0.25, 0.3) is 0 Å². The highest BCUT2D eigenvalue weighted by Crippen LogP contribution is 2.34. The number of aromatic nitrogens is 1. The molecule has 31 heavy (non-hydrogen) atoms. The average molecular weight is 457 g/mol. The monoisotopic (exact) mass is 456 g/mol. The number of anilines is 2. The second-order valence-corrected chi connectivity index (χ2v) is 9.42. The molecule has 1 N–H and O–H groups in total. The van der Waals surface area contributed by atoms with Crippen LogP contribution < -0.4 is 5.32 Å². The van der Waals surface area contributed by atoms with E-state index in [2.05, 4.69) is 10.3 Å². The minimum absolute atomic E-state index is 0.0284. The van der Waals surface area contributed by atoms with Crippen LogP contribution in [-0.4, -0.2) is 13.4 Å². The summed E-state index contributed by atoms with van der Waals surface area (Å²) in [6, 6.07) is 17.0. The first-order valence-electron chi connectivity index (χ1n) is 9.35. The van der Waals surface area contributed by atoms with Gasteiger partial charge < -0.3 is 9.73 Å².